The minimum Gasteiger partial charge on any atom is -0.461 e. The first-order valence-corrected chi connectivity index (χ1v) is 28.8. The zero-order valence-electron chi connectivity index (χ0n) is 47.1. The van der Waals surface area contributed by atoms with E-state index in [-0.39, 0.29) is 76.0 Å². The predicted molar refractivity (Wildman–Crippen MR) is 293 cm³/mol. The van der Waals surface area contributed by atoms with E-state index in [0.29, 0.717) is 18.3 Å². The van der Waals surface area contributed by atoms with Gasteiger partial charge in [0.15, 0.2) is 30.9 Å². The van der Waals surface area contributed by atoms with E-state index >= 15 is 0 Å². The molecular formula is C65H82O14. The summed E-state index contributed by atoms with van der Waals surface area (Å²) in [5, 5.41) is 23.2. The molecule has 7 fully saturated rings. The first-order valence-electron chi connectivity index (χ1n) is 28.8. The summed E-state index contributed by atoms with van der Waals surface area (Å²) in [6.07, 6.45) is -2.07. The van der Waals surface area contributed by atoms with Crippen LogP contribution in [-0.2, 0) is 42.7 Å². The van der Waals surface area contributed by atoms with Gasteiger partial charge >= 0.3 is 23.9 Å². The molecule has 2 N–H and O–H groups in total. The minimum atomic E-state index is -1.61. The number of allylic oxidation sites excluding steroid dienone is 1. The summed E-state index contributed by atoms with van der Waals surface area (Å²) in [7, 11) is 0. The summed E-state index contributed by atoms with van der Waals surface area (Å²) in [6, 6.07) is 24.8. The van der Waals surface area contributed by atoms with Crippen LogP contribution in [0.15, 0.2) is 116 Å². The van der Waals surface area contributed by atoms with Crippen LogP contribution < -0.4 is 0 Å². The molecule has 0 radical (unpaired) electrons. The lowest BCUT2D eigenvalue weighted by Crippen LogP contribution is -2.67. The van der Waals surface area contributed by atoms with E-state index in [1.54, 1.807) is 104 Å². The highest BCUT2D eigenvalue weighted by Gasteiger charge is 2.72. The molecule has 79 heavy (non-hydrogen) atoms. The molecule has 14 nitrogen and oxygen atoms in total. The second kappa shape index (κ2) is 22.3. The van der Waals surface area contributed by atoms with Gasteiger partial charge in [0.25, 0.3) is 0 Å². The van der Waals surface area contributed by atoms with Gasteiger partial charge in [-0.25, -0.2) is 14.4 Å². The maximum atomic E-state index is 14.2. The van der Waals surface area contributed by atoms with Crippen molar-refractivity contribution >= 4 is 23.9 Å². The third-order valence-corrected chi connectivity index (χ3v) is 21.2. The van der Waals surface area contributed by atoms with E-state index in [1.165, 1.54) is 5.57 Å². The zero-order valence-corrected chi connectivity index (χ0v) is 47.1. The fourth-order valence-corrected chi connectivity index (χ4v) is 17.1. The lowest BCUT2D eigenvalue weighted by atomic mass is 9.32. The van der Waals surface area contributed by atoms with Gasteiger partial charge in [0.2, 0.25) is 0 Å². The lowest BCUT2D eigenvalue weighted by molar-refractivity contribution is -0.363. The molecule has 0 bridgehead atoms. The average Bonchev–Trinajstić information content (AvgIpc) is 3.09. The number of rotatable bonds is 14. The van der Waals surface area contributed by atoms with Crippen LogP contribution in [-0.4, -0.2) is 109 Å². The predicted octanol–water partition coefficient (Wildman–Crippen LogP) is 10.6. The Morgan fingerprint density at radius 3 is 1.81 bits per heavy atom. The molecule has 2 saturated heterocycles. The van der Waals surface area contributed by atoms with Crippen LogP contribution in [0.25, 0.3) is 0 Å². The molecule has 2 heterocycles. The maximum absolute atomic E-state index is 14.2. The average molecular weight is 1090 g/mol. The van der Waals surface area contributed by atoms with Crippen LogP contribution in [0.1, 0.15) is 144 Å². The zero-order chi connectivity index (χ0) is 56.2. The molecular weight excluding hydrogens is 1000 g/mol. The molecule has 0 aromatic heterocycles. The highest BCUT2D eigenvalue weighted by atomic mass is 16.8. The van der Waals surface area contributed by atoms with Crippen molar-refractivity contribution in [1.29, 1.82) is 0 Å². The monoisotopic (exact) mass is 1090 g/mol. The van der Waals surface area contributed by atoms with Gasteiger partial charge in [-0.05, 0) is 166 Å². The second-order valence-electron chi connectivity index (χ2n) is 25.5. The van der Waals surface area contributed by atoms with Gasteiger partial charge in [0.1, 0.15) is 24.9 Å². The summed E-state index contributed by atoms with van der Waals surface area (Å²) >= 11 is 0. The standard InChI is InChI=1S/C65H82O14/c1-10-36-72-60(71)65-33-28-43(38(2)3)49(65)44-26-27-47-62(7)31-30-48(61(5,6)46(62)29-32-64(47,9)63(44,8)34-35-65)75-58-52(50(67)45(66)37-73-58)79-59-54(78-57(70)42-24-18-13-19-25-42)53(77-56(69)41-22-16-12-17-23-41)51(39(4)74-59)76-55(68)40-20-14-11-15-21-40/h10-25,39,43-54,58-59,66-67H,1-2,26-37H2,3-9H3/t39-,43-,44+,45-,46-,47+,48-,49+,50-,51-,52+,53+,54+,58-,59-,62-,63+,64+,65-/m0/s1. The van der Waals surface area contributed by atoms with Gasteiger partial charge in [0.05, 0.1) is 40.9 Å². The minimum absolute atomic E-state index is 0.00178. The molecule has 426 valence electrons. The van der Waals surface area contributed by atoms with Crippen molar-refractivity contribution in [2.75, 3.05) is 13.2 Å². The molecule has 10 rings (SSSR count). The molecule has 0 spiro atoms. The van der Waals surface area contributed by atoms with E-state index in [9.17, 15) is 29.4 Å². The van der Waals surface area contributed by atoms with Crippen LogP contribution in [0.2, 0.25) is 0 Å². The first-order chi connectivity index (χ1) is 37.7. The van der Waals surface area contributed by atoms with Crippen molar-refractivity contribution in [3.05, 3.63) is 132 Å². The van der Waals surface area contributed by atoms with Crippen molar-refractivity contribution in [2.24, 2.45) is 56.7 Å². The van der Waals surface area contributed by atoms with E-state index < -0.39 is 84.0 Å². The number of hydrogen-bond donors (Lipinski definition) is 2. The Bertz CT molecular complexity index is 2710. The number of aliphatic hydroxyl groups is 2. The fraction of sp³-hybridized carbons (Fsp3) is 0.600. The number of fused-ring (bicyclic) bond motifs is 7. The summed E-state index contributed by atoms with van der Waals surface area (Å²) in [5.41, 5.74) is 0.827. The summed E-state index contributed by atoms with van der Waals surface area (Å²) in [4.78, 5) is 56.2. The molecule has 2 aliphatic heterocycles. The van der Waals surface area contributed by atoms with E-state index in [0.717, 1.165) is 57.8 Å². The Labute approximate surface area is 465 Å². The van der Waals surface area contributed by atoms with Gasteiger partial charge in [-0.2, -0.15) is 0 Å². The number of benzene rings is 3. The molecule has 5 aliphatic carbocycles. The number of carbonyl (C=O) groups excluding carboxylic acids is 4. The van der Waals surface area contributed by atoms with Crippen molar-refractivity contribution in [2.45, 2.75) is 174 Å². The highest BCUT2D eigenvalue weighted by molar-refractivity contribution is 5.91. The molecule has 0 amide bonds. The third-order valence-electron chi connectivity index (χ3n) is 21.2. The quantitative estimate of drug-likeness (QED) is 0.0673. The summed E-state index contributed by atoms with van der Waals surface area (Å²) in [6.45, 7) is 24.3. The van der Waals surface area contributed by atoms with Gasteiger partial charge in [-0.3, -0.25) is 4.79 Å². The number of carbonyl (C=O) groups is 4. The molecule has 3 aromatic rings. The van der Waals surface area contributed by atoms with Crippen molar-refractivity contribution in [3.63, 3.8) is 0 Å². The number of esters is 4. The number of hydrogen-bond acceptors (Lipinski definition) is 14. The third kappa shape index (κ3) is 10.0. The SMILES string of the molecule is C=CCOC(=O)[C@]12CC[C@@H](C(=C)C)[C@@H]1[C@H]1CC[C@@H]3[C@@]4(C)CC[C@H](O[C@@H]5OC[C@H](O)[C@H](O)[C@H]5O[C@@H]5O[C@@H](C)[C@H](OC(=O)c6ccccc6)[C@@H](OC(=O)c6ccccc6)[C@H]5OC(=O)c5ccccc5)C(C)(C)[C@@H]4CC[C@@]3(C)[C@]1(C)CC2. The molecule has 7 aliphatic rings. The van der Waals surface area contributed by atoms with Gasteiger partial charge in [0, 0.05) is 0 Å². The Hall–Kier alpha value is -5.22. The largest absolute Gasteiger partial charge is 0.461 e. The van der Waals surface area contributed by atoms with Crippen molar-refractivity contribution in [1.82, 2.24) is 0 Å². The van der Waals surface area contributed by atoms with Crippen molar-refractivity contribution < 1.29 is 67.3 Å². The first kappa shape index (κ1) is 57.0. The summed E-state index contributed by atoms with van der Waals surface area (Å²) < 4.78 is 51.2. The van der Waals surface area contributed by atoms with Crippen LogP contribution in [0.4, 0.5) is 0 Å². The van der Waals surface area contributed by atoms with E-state index in [2.05, 4.69) is 54.7 Å². The van der Waals surface area contributed by atoms with E-state index in [1.807, 2.05) is 0 Å². The molecule has 3 aromatic carbocycles. The summed E-state index contributed by atoms with van der Waals surface area (Å²) in [5.74, 6) is -0.900. The van der Waals surface area contributed by atoms with Crippen LogP contribution in [0.3, 0.4) is 0 Å². The van der Waals surface area contributed by atoms with Crippen LogP contribution >= 0.6 is 0 Å². The Morgan fingerprint density at radius 2 is 1.23 bits per heavy atom. The normalized spacial score (nSPS) is 40.2. The molecule has 14 heteroatoms. The Balaban J connectivity index is 0.919. The van der Waals surface area contributed by atoms with Crippen molar-refractivity contribution in [3.8, 4) is 0 Å². The topological polar surface area (TPSA) is 183 Å². The lowest BCUT2D eigenvalue weighted by Gasteiger charge is -2.73. The molecule has 0 unspecified atom stereocenters. The highest BCUT2D eigenvalue weighted by Crippen LogP contribution is 2.78. The number of aliphatic hydroxyl groups excluding tert-OH is 2. The van der Waals surface area contributed by atoms with Gasteiger partial charge in [-0.1, -0.05) is 114 Å². The second-order valence-corrected chi connectivity index (χ2v) is 25.5. The number of ether oxygens (including phenoxy) is 8. The van der Waals surface area contributed by atoms with Gasteiger partial charge in [-0.15, -0.1) is 0 Å². The Morgan fingerprint density at radius 1 is 0.646 bits per heavy atom. The maximum Gasteiger partial charge on any atom is 0.338 e. The smallest absolute Gasteiger partial charge is 0.338 e. The van der Waals surface area contributed by atoms with Crippen LogP contribution in [0, 0.1) is 56.7 Å². The molecule has 19 atom stereocenters. The van der Waals surface area contributed by atoms with E-state index in [4.69, 9.17) is 37.9 Å². The van der Waals surface area contributed by atoms with Crippen LogP contribution in [0.5, 0.6) is 0 Å². The Kier molecular flexibility index (Phi) is 16.1. The fourth-order valence-electron chi connectivity index (χ4n) is 17.1. The molecule has 5 saturated carbocycles. The van der Waals surface area contributed by atoms with Gasteiger partial charge < -0.3 is 48.1 Å².